The number of rotatable bonds is 4. The van der Waals surface area contributed by atoms with E-state index in [1.165, 1.54) is 12.1 Å². The first-order chi connectivity index (χ1) is 8.58. The third-order valence-electron chi connectivity index (χ3n) is 3.48. The third-order valence-corrected chi connectivity index (χ3v) is 3.96. The Bertz CT molecular complexity index is 421. The third kappa shape index (κ3) is 3.00. The monoisotopic (exact) mass is 269 g/mol. The largest absolute Gasteiger partial charge is 0.378 e. The van der Waals surface area contributed by atoms with Crippen molar-refractivity contribution < 1.29 is 9.66 Å². The highest BCUT2D eigenvalue weighted by atomic mass is 35.5. The van der Waals surface area contributed by atoms with Gasteiger partial charge in [-0.1, -0.05) is 12.1 Å². The van der Waals surface area contributed by atoms with Crippen molar-refractivity contribution in [2.24, 2.45) is 5.92 Å². The number of hydrogen-bond acceptors (Lipinski definition) is 3. The molecule has 1 aliphatic rings. The number of hydrogen-bond donors (Lipinski definition) is 0. The van der Waals surface area contributed by atoms with Crippen LogP contribution in [0.1, 0.15) is 18.9 Å². The van der Waals surface area contributed by atoms with Gasteiger partial charge in [-0.15, -0.1) is 11.6 Å². The average Bonchev–Trinajstić information content (AvgIpc) is 2.76. The number of non-ortho nitro benzene ring substituents is 1. The minimum absolute atomic E-state index is 0.0176. The molecule has 98 valence electrons. The number of alkyl halides is 1. The maximum absolute atomic E-state index is 10.5. The van der Waals surface area contributed by atoms with Gasteiger partial charge >= 0.3 is 0 Å². The molecule has 1 heterocycles. The van der Waals surface area contributed by atoms with Crippen LogP contribution < -0.4 is 0 Å². The molecule has 1 fully saturated rings. The van der Waals surface area contributed by atoms with Crippen LogP contribution in [0.15, 0.2) is 24.3 Å². The summed E-state index contributed by atoms with van der Waals surface area (Å²) < 4.78 is 5.50. The summed E-state index contributed by atoms with van der Waals surface area (Å²) in [5.41, 5.74) is 1.14. The first-order valence-electron chi connectivity index (χ1n) is 6.07. The Hall–Kier alpha value is -1.13. The predicted octanol–water partition coefficient (Wildman–Crippen LogP) is 3.17. The van der Waals surface area contributed by atoms with Crippen LogP contribution in [0.3, 0.4) is 0 Å². The van der Waals surface area contributed by atoms with E-state index in [4.69, 9.17) is 16.3 Å². The second kappa shape index (κ2) is 5.67. The second-order valence-corrected chi connectivity index (χ2v) is 5.23. The minimum atomic E-state index is -0.394. The van der Waals surface area contributed by atoms with Crippen molar-refractivity contribution in [2.45, 2.75) is 31.2 Å². The molecule has 4 nitrogen and oxygen atoms in total. The van der Waals surface area contributed by atoms with Crippen LogP contribution >= 0.6 is 11.6 Å². The lowest BCUT2D eigenvalue weighted by molar-refractivity contribution is -0.384. The molecule has 1 aromatic rings. The fourth-order valence-electron chi connectivity index (χ4n) is 2.35. The first-order valence-corrected chi connectivity index (χ1v) is 6.50. The van der Waals surface area contributed by atoms with E-state index in [0.29, 0.717) is 5.92 Å². The molecule has 0 aliphatic carbocycles. The number of nitrogens with zero attached hydrogens (tertiary/aromatic N) is 1. The average molecular weight is 270 g/mol. The Kier molecular flexibility index (Phi) is 4.19. The van der Waals surface area contributed by atoms with Crippen molar-refractivity contribution in [2.75, 3.05) is 6.61 Å². The zero-order valence-electron chi connectivity index (χ0n) is 10.2. The van der Waals surface area contributed by atoms with Gasteiger partial charge in [-0.3, -0.25) is 10.1 Å². The summed E-state index contributed by atoms with van der Waals surface area (Å²) >= 11 is 6.40. The Morgan fingerprint density at radius 3 is 2.67 bits per heavy atom. The van der Waals surface area contributed by atoms with Gasteiger partial charge in [0.05, 0.1) is 11.0 Å². The summed E-state index contributed by atoms with van der Waals surface area (Å²) in [4.78, 5) is 10.2. The molecule has 0 N–H and O–H groups in total. The Balaban J connectivity index is 1.98. The number of ether oxygens (including phenoxy) is 1. The van der Waals surface area contributed by atoms with E-state index in [-0.39, 0.29) is 17.2 Å². The lowest BCUT2D eigenvalue weighted by Crippen LogP contribution is -2.23. The molecule has 0 radical (unpaired) electrons. The van der Waals surface area contributed by atoms with Crippen molar-refractivity contribution in [3.05, 3.63) is 39.9 Å². The SMILES string of the molecule is CC1OCCC1C(Cl)Cc1ccc([N+](=O)[O-])cc1. The van der Waals surface area contributed by atoms with Crippen molar-refractivity contribution in [1.29, 1.82) is 0 Å². The molecular weight excluding hydrogens is 254 g/mol. The fourth-order valence-corrected chi connectivity index (χ4v) is 2.86. The highest BCUT2D eigenvalue weighted by molar-refractivity contribution is 6.21. The van der Waals surface area contributed by atoms with Crippen LogP contribution in [0.25, 0.3) is 0 Å². The quantitative estimate of drug-likeness (QED) is 0.479. The minimum Gasteiger partial charge on any atom is -0.378 e. The Labute approximate surface area is 111 Å². The fraction of sp³-hybridized carbons (Fsp3) is 0.538. The molecule has 3 unspecified atom stereocenters. The van der Waals surface area contributed by atoms with E-state index in [1.807, 2.05) is 6.92 Å². The van der Waals surface area contributed by atoms with E-state index in [2.05, 4.69) is 0 Å². The van der Waals surface area contributed by atoms with Gasteiger partial charge in [-0.05, 0) is 25.3 Å². The summed E-state index contributed by atoms with van der Waals surface area (Å²) in [6.45, 7) is 2.82. The molecule has 1 aliphatic heterocycles. The van der Waals surface area contributed by atoms with Gasteiger partial charge in [0.1, 0.15) is 0 Å². The van der Waals surface area contributed by atoms with Gasteiger partial charge in [0.25, 0.3) is 5.69 Å². The van der Waals surface area contributed by atoms with Crippen LogP contribution in [0.4, 0.5) is 5.69 Å². The first kappa shape index (κ1) is 13.3. The summed E-state index contributed by atoms with van der Waals surface area (Å²) in [5, 5.41) is 10.6. The molecular formula is C13H16ClNO3. The van der Waals surface area contributed by atoms with Crippen molar-refractivity contribution in [1.82, 2.24) is 0 Å². The Morgan fingerprint density at radius 2 is 2.17 bits per heavy atom. The second-order valence-electron chi connectivity index (χ2n) is 4.67. The zero-order chi connectivity index (χ0) is 13.1. The van der Waals surface area contributed by atoms with Crippen LogP contribution in [0.5, 0.6) is 0 Å². The van der Waals surface area contributed by atoms with Gasteiger partial charge in [0, 0.05) is 30.0 Å². The summed E-state index contributed by atoms with van der Waals surface area (Å²) in [6.07, 6.45) is 1.91. The maximum atomic E-state index is 10.5. The summed E-state index contributed by atoms with van der Waals surface area (Å²) in [7, 11) is 0. The number of halogens is 1. The van der Waals surface area contributed by atoms with Gasteiger partial charge < -0.3 is 4.74 Å². The van der Waals surface area contributed by atoms with Crippen LogP contribution in [-0.4, -0.2) is 23.0 Å². The van der Waals surface area contributed by atoms with Gasteiger partial charge in [0.2, 0.25) is 0 Å². The number of nitro groups is 1. The van der Waals surface area contributed by atoms with Crippen LogP contribution in [0.2, 0.25) is 0 Å². The van der Waals surface area contributed by atoms with E-state index >= 15 is 0 Å². The molecule has 0 spiro atoms. The van der Waals surface area contributed by atoms with E-state index in [9.17, 15) is 10.1 Å². The van der Waals surface area contributed by atoms with Gasteiger partial charge in [-0.25, -0.2) is 0 Å². The predicted molar refractivity (Wildman–Crippen MR) is 70.0 cm³/mol. The molecule has 18 heavy (non-hydrogen) atoms. The molecule has 0 bridgehead atoms. The van der Waals surface area contributed by atoms with E-state index in [0.717, 1.165) is 25.0 Å². The molecule has 1 saturated heterocycles. The highest BCUT2D eigenvalue weighted by Gasteiger charge is 2.30. The van der Waals surface area contributed by atoms with Crippen molar-refractivity contribution >= 4 is 17.3 Å². The molecule has 0 aromatic heterocycles. The zero-order valence-corrected chi connectivity index (χ0v) is 11.0. The molecule has 1 aromatic carbocycles. The molecule has 0 amide bonds. The Morgan fingerprint density at radius 1 is 1.50 bits per heavy atom. The molecule has 5 heteroatoms. The van der Waals surface area contributed by atoms with Crippen molar-refractivity contribution in [3.8, 4) is 0 Å². The van der Waals surface area contributed by atoms with Gasteiger partial charge in [-0.2, -0.15) is 0 Å². The van der Waals surface area contributed by atoms with Crippen molar-refractivity contribution in [3.63, 3.8) is 0 Å². The summed E-state index contributed by atoms with van der Waals surface area (Å²) in [6, 6.07) is 6.59. The smallest absolute Gasteiger partial charge is 0.269 e. The summed E-state index contributed by atoms with van der Waals surface area (Å²) in [5.74, 6) is 0.363. The lowest BCUT2D eigenvalue weighted by Gasteiger charge is -2.20. The van der Waals surface area contributed by atoms with Crippen LogP contribution in [-0.2, 0) is 11.2 Å². The standard InChI is InChI=1S/C13H16ClNO3/c1-9-12(6-7-18-9)13(14)8-10-2-4-11(5-3-10)15(16)17/h2-5,9,12-13H,6-8H2,1H3. The maximum Gasteiger partial charge on any atom is 0.269 e. The molecule has 3 atom stereocenters. The topological polar surface area (TPSA) is 52.4 Å². The normalized spacial score (nSPS) is 25.0. The van der Waals surface area contributed by atoms with E-state index < -0.39 is 4.92 Å². The molecule has 2 rings (SSSR count). The number of nitro benzene ring substituents is 1. The van der Waals surface area contributed by atoms with Crippen LogP contribution in [0, 0.1) is 16.0 Å². The molecule has 0 saturated carbocycles. The van der Waals surface area contributed by atoms with Gasteiger partial charge in [0.15, 0.2) is 0 Å². The van der Waals surface area contributed by atoms with E-state index in [1.54, 1.807) is 12.1 Å². The number of benzene rings is 1. The lowest BCUT2D eigenvalue weighted by atomic mass is 9.94. The highest BCUT2D eigenvalue weighted by Crippen LogP contribution is 2.29.